The second-order valence-corrected chi connectivity index (χ2v) is 7.30. The molecule has 0 unspecified atom stereocenters. The van der Waals surface area contributed by atoms with Gasteiger partial charge in [-0.25, -0.2) is 0 Å². The van der Waals surface area contributed by atoms with Crippen molar-refractivity contribution in [2.24, 2.45) is 11.8 Å². The predicted molar refractivity (Wildman–Crippen MR) is 111 cm³/mol. The van der Waals surface area contributed by atoms with Gasteiger partial charge in [0.1, 0.15) is 5.75 Å². The van der Waals surface area contributed by atoms with Crippen molar-refractivity contribution in [2.45, 2.75) is 20.0 Å². The minimum atomic E-state index is -0.109. The molecule has 2 atom stereocenters. The summed E-state index contributed by atoms with van der Waals surface area (Å²) in [7, 11) is 0. The van der Waals surface area contributed by atoms with E-state index in [2.05, 4.69) is 15.5 Å². The van der Waals surface area contributed by atoms with Crippen LogP contribution in [-0.2, 0) is 22.6 Å². The molecule has 1 N–H and O–H groups in total. The number of aromatic nitrogens is 2. The molecule has 3 aromatic rings. The average molecular weight is 407 g/mol. The summed E-state index contributed by atoms with van der Waals surface area (Å²) in [4.78, 5) is 16.5. The van der Waals surface area contributed by atoms with Crippen molar-refractivity contribution in [3.8, 4) is 17.2 Å². The summed E-state index contributed by atoms with van der Waals surface area (Å²) in [5.41, 5.74) is 2.04. The summed E-state index contributed by atoms with van der Waals surface area (Å²) in [6.45, 7) is 3.99. The molecule has 0 radical (unpaired) electrons. The molecule has 0 aliphatic carbocycles. The number of rotatable bonds is 8. The highest BCUT2D eigenvalue weighted by atomic mass is 16.5. The first-order valence-electron chi connectivity index (χ1n) is 10.2. The highest BCUT2D eigenvalue weighted by Gasteiger charge is 2.33. The number of nitrogens with zero attached hydrogens (tertiary/aromatic N) is 2. The Balaban J connectivity index is 1.31. The zero-order valence-corrected chi connectivity index (χ0v) is 16.9. The van der Waals surface area contributed by atoms with E-state index in [1.165, 1.54) is 0 Å². The summed E-state index contributed by atoms with van der Waals surface area (Å²) in [5, 5.41) is 7.27. The lowest BCUT2D eigenvalue weighted by Crippen LogP contribution is -2.26. The molecule has 1 aromatic heterocycles. The van der Waals surface area contributed by atoms with Crippen molar-refractivity contribution >= 4 is 5.97 Å². The van der Waals surface area contributed by atoms with Crippen molar-refractivity contribution in [3.05, 3.63) is 66.0 Å². The van der Waals surface area contributed by atoms with Crippen molar-refractivity contribution < 1.29 is 18.8 Å². The molecule has 1 saturated heterocycles. The summed E-state index contributed by atoms with van der Waals surface area (Å²) in [6, 6.07) is 17.5. The SMILES string of the molecule is CCOC(=O)[C@H]1CNC[C@H]1Cc1ccc(OCc2noc(-c3ccccc3)n2)cc1. The van der Waals surface area contributed by atoms with Crippen LogP contribution in [0.3, 0.4) is 0 Å². The fraction of sp³-hybridized carbons (Fsp3) is 0.348. The Morgan fingerprint density at radius 2 is 1.93 bits per heavy atom. The van der Waals surface area contributed by atoms with Gasteiger partial charge in [-0.1, -0.05) is 35.5 Å². The average Bonchev–Trinajstić information content (AvgIpc) is 3.44. The van der Waals surface area contributed by atoms with Gasteiger partial charge in [-0.3, -0.25) is 4.79 Å². The molecule has 2 heterocycles. The first-order valence-corrected chi connectivity index (χ1v) is 10.2. The molecule has 1 aliphatic heterocycles. The van der Waals surface area contributed by atoms with E-state index in [0.717, 1.165) is 29.8 Å². The molecule has 4 rings (SSSR count). The number of hydrogen-bond donors (Lipinski definition) is 1. The molecular weight excluding hydrogens is 382 g/mol. The zero-order chi connectivity index (χ0) is 20.8. The van der Waals surface area contributed by atoms with E-state index in [0.29, 0.717) is 24.9 Å². The van der Waals surface area contributed by atoms with Crippen LogP contribution in [0.4, 0.5) is 0 Å². The minimum Gasteiger partial charge on any atom is -0.485 e. The highest BCUT2D eigenvalue weighted by molar-refractivity contribution is 5.73. The predicted octanol–water partition coefficient (Wildman–Crippen LogP) is 3.26. The Labute approximate surface area is 175 Å². The molecule has 0 saturated carbocycles. The normalized spacial score (nSPS) is 18.3. The zero-order valence-electron chi connectivity index (χ0n) is 16.9. The number of esters is 1. The Bertz CT molecular complexity index is 956. The molecule has 0 spiro atoms. The first kappa shape index (κ1) is 20.1. The van der Waals surface area contributed by atoms with E-state index in [9.17, 15) is 4.79 Å². The quantitative estimate of drug-likeness (QED) is 0.574. The molecule has 0 bridgehead atoms. The van der Waals surface area contributed by atoms with Crippen LogP contribution in [0.5, 0.6) is 5.75 Å². The molecule has 7 nitrogen and oxygen atoms in total. The minimum absolute atomic E-state index is 0.0853. The Hall–Kier alpha value is -3.19. The lowest BCUT2D eigenvalue weighted by Gasteiger charge is -2.17. The number of carbonyl (C=O) groups excluding carboxylic acids is 1. The smallest absolute Gasteiger partial charge is 0.310 e. The number of hydrogen-bond acceptors (Lipinski definition) is 7. The van der Waals surface area contributed by atoms with Crippen LogP contribution in [0.1, 0.15) is 18.3 Å². The number of benzene rings is 2. The first-order chi connectivity index (χ1) is 14.7. The van der Waals surface area contributed by atoms with Crippen LogP contribution >= 0.6 is 0 Å². The highest BCUT2D eigenvalue weighted by Crippen LogP contribution is 2.24. The van der Waals surface area contributed by atoms with Gasteiger partial charge >= 0.3 is 5.97 Å². The maximum absolute atomic E-state index is 12.1. The van der Waals surface area contributed by atoms with Crippen molar-refractivity contribution in [3.63, 3.8) is 0 Å². The van der Waals surface area contributed by atoms with Crippen LogP contribution in [0, 0.1) is 11.8 Å². The Morgan fingerprint density at radius 1 is 1.13 bits per heavy atom. The summed E-state index contributed by atoms with van der Waals surface area (Å²) in [5.74, 6) is 1.75. The largest absolute Gasteiger partial charge is 0.485 e. The van der Waals surface area contributed by atoms with Crippen LogP contribution in [0.25, 0.3) is 11.5 Å². The Kier molecular flexibility index (Phi) is 6.39. The van der Waals surface area contributed by atoms with E-state index in [1.54, 1.807) is 0 Å². The van der Waals surface area contributed by atoms with Gasteiger partial charge in [-0.05, 0) is 55.6 Å². The fourth-order valence-electron chi connectivity index (χ4n) is 3.66. The lowest BCUT2D eigenvalue weighted by molar-refractivity contribution is -0.148. The maximum atomic E-state index is 12.1. The van der Waals surface area contributed by atoms with Gasteiger partial charge < -0.3 is 19.3 Å². The molecule has 1 aliphatic rings. The maximum Gasteiger partial charge on any atom is 0.310 e. The molecule has 156 valence electrons. The third-order valence-electron chi connectivity index (χ3n) is 5.21. The van der Waals surface area contributed by atoms with Gasteiger partial charge in [0.05, 0.1) is 12.5 Å². The molecule has 2 aromatic carbocycles. The second-order valence-electron chi connectivity index (χ2n) is 7.30. The molecular formula is C23H25N3O4. The molecule has 0 amide bonds. The van der Waals surface area contributed by atoms with Gasteiger partial charge in [-0.2, -0.15) is 4.98 Å². The van der Waals surface area contributed by atoms with E-state index in [4.69, 9.17) is 14.0 Å². The van der Waals surface area contributed by atoms with Gasteiger partial charge in [0.15, 0.2) is 6.61 Å². The standard InChI is InChI=1S/C23H25N3O4/c1-2-28-23(27)20-14-24-13-18(20)12-16-8-10-19(11-9-16)29-15-21-25-22(30-26-21)17-6-4-3-5-7-17/h3-11,18,20,24H,2,12-15H2,1H3/t18-,20+/m1/s1. The van der Waals surface area contributed by atoms with Crippen LogP contribution in [-0.4, -0.2) is 35.8 Å². The van der Waals surface area contributed by atoms with E-state index in [1.807, 2.05) is 61.5 Å². The van der Waals surface area contributed by atoms with E-state index < -0.39 is 0 Å². The fourth-order valence-corrected chi connectivity index (χ4v) is 3.66. The van der Waals surface area contributed by atoms with Crippen LogP contribution < -0.4 is 10.1 Å². The van der Waals surface area contributed by atoms with Crippen LogP contribution in [0.2, 0.25) is 0 Å². The summed E-state index contributed by atoms with van der Waals surface area (Å²) < 4.78 is 16.3. The number of ether oxygens (including phenoxy) is 2. The van der Waals surface area contributed by atoms with Crippen molar-refractivity contribution in [2.75, 3.05) is 19.7 Å². The molecule has 1 fully saturated rings. The van der Waals surface area contributed by atoms with E-state index >= 15 is 0 Å². The van der Waals surface area contributed by atoms with Crippen molar-refractivity contribution in [1.82, 2.24) is 15.5 Å². The van der Waals surface area contributed by atoms with Gasteiger partial charge in [0, 0.05) is 12.1 Å². The van der Waals surface area contributed by atoms with Gasteiger partial charge in [0.2, 0.25) is 5.82 Å². The summed E-state index contributed by atoms with van der Waals surface area (Å²) >= 11 is 0. The molecule has 7 heteroatoms. The van der Waals surface area contributed by atoms with Gasteiger partial charge in [-0.15, -0.1) is 0 Å². The molecule has 30 heavy (non-hydrogen) atoms. The van der Waals surface area contributed by atoms with Crippen molar-refractivity contribution in [1.29, 1.82) is 0 Å². The summed E-state index contributed by atoms with van der Waals surface area (Å²) in [6.07, 6.45) is 0.821. The lowest BCUT2D eigenvalue weighted by atomic mass is 9.90. The Morgan fingerprint density at radius 3 is 2.70 bits per heavy atom. The number of nitrogens with one attached hydrogen (secondary N) is 1. The third-order valence-corrected chi connectivity index (χ3v) is 5.21. The monoisotopic (exact) mass is 407 g/mol. The van der Waals surface area contributed by atoms with Gasteiger partial charge in [0.25, 0.3) is 5.89 Å². The second kappa shape index (κ2) is 9.54. The van der Waals surface area contributed by atoms with Crippen LogP contribution in [0.15, 0.2) is 59.1 Å². The topological polar surface area (TPSA) is 86.5 Å². The third kappa shape index (κ3) is 4.86. The number of carbonyl (C=O) groups is 1. The van der Waals surface area contributed by atoms with E-state index in [-0.39, 0.29) is 24.4 Å².